The maximum Gasteiger partial charge on any atom is 0.0299 e. The lowest BCUT2D eigenvalue weighted by Crippen LogP contribution is -1.98. The highest BCUT2D eigenvalue weighted by atomic mass is 14.6. The molecule has 1 aromatic heterocycles. The first-order valence-electron chi connectivity index (χ1n) is 4.66. The lowest BCUT2D eigenvalue weighted by Gasteiger charge is -2.07. The highest BCUT2D eigenvalue weighted by molar-refractivity contribution is 5.09. The first kappa shape index (κ1) is 7.78. The van der Waals surface area contributed by atoms with E-state index in [-0.39, 0.29) is 0 Å². The van der Waals surface area contributed by atoms with Gasteiger partial charge in [-0.25, -0.2) is 0 Å². The monoisotopic (exact) mass is 160 g/mol. The Kier molecular flexibility index (Phi) is 2.40. The molecule has 1 radical (unpaired) electrons. The van der Waals surface area contributed by atoms with Crippen LogP contribution < -0.4 is 0 Å². The van der Waals surface area contributed by atoms with E-state index in [0.717, 1.165) is 5.92 Å². The summed E-state index contributed by atoms with van der Waals surface area (Å²) in [5.41, 5.74) is 1.39. The molecule has 1 aliphatic carbocycles. The number of hydrogen-bond acceptors (Lipinski definition) is 1. The van der Waals surface area contributed by atoms with Crippen LogP contribution in [-0.2, 0) is 6.42 Å². The van der Waals surface area contributed by atoms with E-state index in [2.05, 4.69) is 17.5 Å². The van der Waals surface area contributed by atoms with Crippen molar-refractivity contribution in [1.82, 2.24) is 4.98 Å². The molecular formula is C11H14N. The van der Waals surface area contributed by atoms with Gasteiger partial charge in [-0.1, -0.05) is 6.07 Å². The standard InChI is InChI=1S/C11H14N/c1-2-5-10(4-1)8-11-6-3-7-12-9-11/h1,3,6-7,9-10H,2,4-5,8H2. The van der Waals surface area contributed by atoms with Crippen LogP contribution in [0.5, 0.6) is 0 Å². The van der Waals surface area contributed by atoms with Gasteiger partial charge in [0.2, 0.25) is 0 Å². The molecule has 0 bridgehead atoms. The molecule has 0 amide bonds. The van der Waals surface area contributed by atoms with E-state index >= 15 is 0 Å². The topological polar surface area (TPSA) is 12.9 Å². The summed E-state index contributed by atoms with van der Waals surface area (Å²) in [6.07, 6.45) is 11.4. The molecule has 1 fully saturated rings. The third-order valence-corrected chi connectivity index (χ3v) is 2.53. The molecule has 0 aromatic carbocycles. The van der Waals surface area contributed by atoms with Crippen molar-refractivity contribution in [2.45, 2.75) is 25.7 Å². The van der Waals surface area contributed by atoms with Gasteiger partial charge in [0.05, 0.1) is 0 Å². The Morgan fingerprint density at radius 1 is 1.50 bits per heavy atom. The van der Waals surface area contributed by atoms with Gasteiger partial charge >= 0.3 is 0 Å². The molecule has 63 valence electrons. The summed E-state index contributed by atoms with van der Waals surface area (Å²) < 4.78 is 0. The van der Waals surface area contributed by atoms with Crippen LogP contribution in [0.2, 0.25) is 0 Å². The molecule has 1 heteroatoms. The summed E-state index contributed by atoms with van der Waals surface area (Å²) in [7, 11) is 0. The summed E-state index contributed by atoms with van der Waals surface area (Å²) in [5, 5.41) is 0. The van der Waals surface area contributed by atoms with Gasteiger partial charge in [-0.05, 0) is 49.7 Å². The van der Waals surface area contributed by atoms with E-state index in [1.54, 1.807) is 0 Å². The molecule has 1 saturated carbocycles. The summed E-state index contributed by atoms with van der Waals surface area (Å²) in [5.74, 6) is 0.884. The molecule has 2 rings (SSSR count). The van der Waals surface area contributed by atoms with Crippen molar-refractivity contribution < 1.29 is 0 Å². The molecule has 0 saturated heterocycles. The summed E-state index contributed by atoms with van der Waals surface area (Å²) in [6.45, 7) is 0. The van der Waals surface area contributed by atoms with E-state index < -0.39 is 0 Å². The number of rotatable bonds is 2. The Morgan fingerprint density at radius 2 is 2.50 bits per heavy atom. The largest absolute Gasteiger partial charge is 0.264 e. The highest BCUT2D eigenvalue weighted by Gasteiger charge is 2.15. The third-order valence-electron chi connectivity index (χ3n) is 2.53. The van der Waals surface area contributed by atoms with E-state index in [1.807, 2.05) is 18.5 Å². The average molecular weight is 160 g/mol. The Hall–Kier alpha value is -0.850. The van der Waals surface area contributed by atoms with Gasteiger partial charge < -0.3 is 0 Å². The molecule has 12 heavy (non-hydrogen) atoms. The number of pyridine rings is 1. The van der Waals surface area contributed by atoms with Crippen molar-refractivity contribution in [3.63, 3.8) is 0 Å². The van der Waals surface area contributed by atoms with Gasteiger partial charge in [-0.2, -0.15) is 0 Å². The van der Waals surface area contributed by atoms with Crippen LogP contribution in [0.15, 0.2) is 24.5 Å². The smallest absolute Gasteiger partial charge is 0.0299 e. The van der Waals surface area contributed by atoms with Gasteiger partial charge in [-0.3, -0.25) is 4.98 Å². The minimum Gasteiger partial charge on any atom is -0.264 e. The molecule has 1 unspecified atom stereocenters. The van der Waals surface area contributed by atoms with E-state index in [0.29, 0.717) is 0 Å². The Labute approximate surface area is 73.8 Å². The van der Waals surface area contributed by atoms with Crippen LogP contribution in [0.1, 0.15) is 24.8 Å². The van der Waals surface area contributed by atoms with E-state index in [4.69, 9.17) is 0 Å². The fourth-order valence-electron chi connectivity index (χ4n) is 1.86. The van der Waals surface area contributed by atoms with Crippen LogP contribution in [0.3, 0.4) is 0 Å². The van der Waals surface area contributed by atoms with Gasteiger partial charge in [0, 0.05) is 12.4 Å². The van der Waals surface area contributed by atoms with Crippen molar-refractivity contribution in [1.29, 1.82) is 0 Å². The Balaban J connectivity index is 1.94. The second-order valence-electron chi connectivity index (χ2n) is 3.53. The highest BCUT2D eigenvalue weighted by Crippen LogP contribution is 2.26. The maximum absolute atomic E-state index is 4.12. The van der Waals surface area contributed by atoms with Gasteiger partial charge in [0.1, 0.15) is 0 Å². The van der Waals surface area contributed by atoms with Crippen molar-refractivity contribution in [3.8, 4) is 0 Å². The van der Waals surface area contributed by atoms with Crippen molar-refractivity contribution in [2.75, 3.05) is 0 Å². The first-order chi connectivity index (χ1) is 5.95. The minimum absolute atomic E-state index is 0.884. The quantitative estimate of drug-likeness (QED) is 0.648. The van der Waals surface area contributed by atoms with Gasteiger partial charge in [0.15, 0.2) is 0 Å². The molecule has 0 N–H and O–H groups in total. The van der Waals surface area contributed by atoms with Crippen LogP contribution in [0, 0.1) is 12.3 Å². The molecule has 1 nitrogen and oxygen atoms in total. The molecule has 1 atom stereocenters. The van der Waals surface area contributed by atoms with Gasteiger partial charge in [0.25, 0.3) is 0 Å². The number of nitrogens with zero attached hydrogens (tertiary/aromatic N) is 1. The average Bonchev–Trinajstić information content (AvgIpc) is 2.59. The second-order valence-corrected chi connectivity index (χ2v) is 3.53. The van der Waals surface area contributed by atoms with Crippen molar-refractivity contribution in [3.05, 3.63) is 36.5 Å². The molecular weight excluding hydrogens is 146 g/mol. The summed E-state index contributed by atoms with van der Waals surface area (Å²) in [4.78, 5) is 4.12. The minimum atomic E-state index is 0.884. The van der Waals surface area contributed by atoms with Crippen LogP contribution >= 0.6 is 0 Å². The lowest BCUT2D eigenvalue weighted by atomic mass is 9.99. The third kappa shape index (κ3) is 1.84. The van der Waals surface area contributed by atoms with Crippen LogP contribution in [0.4, 0.5) is 0 Å². The number of hydrogen-bond donors (Lipinski definition) is 0. The summed E-state index contributed by atoms with van der Waals surface area (Å²) >= 11 is 0. The van der Waals surface area contributed by atoms with Gasteiger partial charge in [-0.15, -0.1) is 0 Å². The second kappa shape index (κ2) is 3.70. The zero-order valence-corrected chi connectivity index (χ0v) is 7.24. The Bertz CT molecular complexity index is 224. The molecule has 1 aromatic rings. The fraction of sp³-hybridized carbons (Fsp3) is 0.455. The molecule has 0 spiro atoms. The first-order valence-corrected chi connectivity index (χ1v) is 4.66. The predicted octanol–water partition coefficient (Wildman–Crippen LogP) is 2.63. The predicted molar refractivity (Wildman–Crippen MR) is 49.6 cm³/mol. The summed E-state index contributed by atoms with van der Waals surface area (Å²) in [6, 6.07) is 4.19. The number of aromatic nitrogens is 1. The van der Waals surface area contributed by atoms with Crippen molar-refractivity contribution in [2.24, 2.45) is 5.92 Å². The van der Waals surface area contributed by atoms with Crippen LogP contribution in [0.25, 0.3) is 0 Å². The zero-order chi connectivity index (χ0) is 8.23. The lowest BCUT2D eigenvalue weighted by molar-refractivity contribution is 0.552. The normalized spacial score (nSPS) is 18.3. The zero-order valence-electron chi connectivity index (χ0n) is 7.24. The Morgan fingerprint density at radius 3 is 3.17 bits per heavy atom. The maximum atomic E-state index is 4.12. The molecule has 1 heterocycles. The SMILES string of the molecule is [CH]1CCC(Cc2cccnc2)C1. The van der Waals surface area contributed by atoms with E-state index in [1.165, 1.54) is 31.2 Å². The molecule has 0 aliphatic heterocycles. The van der Waals surface area contributed by atoms with Crippen molar-refractivity contribution >= 4 is 0 Å². The van der Waals surface area contributed by atoms with E-state index in [9.17, 15) is 0 Å². The fourth-order valence-corrected chi connectivity index (χ4v) is 1.86. The molecule has 1 aliphatic rings. The van der Waals surface area contributed by atoms with Crippen LogP contribution in [-0.4, -0.2) is 4.98 Å².